The molecule has 3 N–H and O–H groups in total. The molecule has 1 aromatic carbocycles. The van der Waals surface area contributed by atoms with Gasteiger partial charge in [-0.3, -0.25) is 14.9 Å². The molecule has 2 amide bonds. The molecule has 0 fully saturated rings. The van der Waals surface area contributed by atoms with Crippen LogP contribution in [-0.2, 0) is 4.79 Å². The fourth-order valence-corrected chi connectivity index (χ4v) is 1.31. The lowest BCUT2D eigenvalue weighted by molar-refractivity contribution is -0.385. The van der Waals surface area contributed by atoms with Crippen LogP contribution in [0.5, 0.6) is 0 Å². The Bertz CT molecular complexity index is 529. The summed E-state index contributed by atoms with van der Waals surface area (Å²) in [5, 5.41) is 23.8. The van der Waals surface area contributed by atoms with Gasteiger partial charge in [0.1, 0.15) is 6.04 Å². The molecule has 1 rings (SSSR count). The first-order chi connectivity index (χ1) is 8.81. The number of hydrogen-bond donors (Lipinski definition) is 3. The predicted molar refractivity (Wildman–Crippen MR) is 67.1 cm³/mol. The zero-order valence-corrected chi connectivity index (χ0v) is 10.3. The first kappa shape index (κ1) is 14.4. The van der Waals surface area contributed by atoms with Crippen molar-refractivity contribution < 1.29 is 19.6 Å². The van der Waals surface area contributed by atoms with Gasteiger partial charge >= 0.3 is 12.0 Å². The molecule has 102 valence electrons. The zero-order valence-electron chi connectivity index (χ0n) is 10.3. The van der Waals surface area contributed by atoms with Crippen LogP contribution < -0.4 is 10.6 Å². The van der Waals surface area contributed by atoms with Gasteiger partial charge in [0.2, 0.25) is 0 Å². The maximum absolute atomic E-state index is 11.4. The second kappa shape index (κ2) is 5.80. The second-order valence-corrected chi connectivity index (χ2v) is 3.92. The van der Waals surface area contributed by atoms with Crippen LogP contribution >= 0.6 is 0 Å². The summed E-state index contributed by atoms with van der Waals surface area (Å²) in [4.78, 5) is 32.2. The largest absolute Gasteiger partial charge is 0.480 e. The lowest BCUT2D eigenvalue weighted by atomic mass is 10.2. The Hall–Kier alpha value is -2.64. The summed E-state index contributed by atoms with van der Waals surface area (Å²) in [6, 6.07) is 2.40. The number of rotatable bonds is 4. The summed E-state index contributed by atoms with van der Waals surface area (Å²) in [6.45, 7) is 2.88. The van der Waals surface area contributed by atoms with E-state index in [1.165, 1.54) is 25.1 Å². The highest BCUT2D eigenvalue weighted by molar-refractivity contribution is 5.92. The molecule has 0 bridgehead atoms. The van der Waals surface area contributed by atoms with Crippen LogP contribution in [0.4, 0.5) is 16.2 Å². The molecule has 1 unspecified atom stereocenters. The number of hydrogen-bond acceptors (Lipinski definition) is 4. The number of urea groups is 1. The van der Waals surface area contributed by atoms with Crippen LogP contribution in [0, 0.1) is 17.0 Å². The minimum atomic E-state index is -1.18. The average molecular weight is 267 g/mol. The van der Waals surface area contributed by atoms with Gasteiger partial charge in [-0.25, -0.2) is 4.79 Å². The van der Waals surface area contributed by atoms with Crippen molar-refractivity contribution >= 4 is 23.4 Å². The summed E-state index contributed by atoms with van der Waals surface area (Å²) in [5.74, 6) is -1.18. The normalized spacial score (nSPS) is 11.5. The van der Waals surface area contributed by atoms with Crippen LogP contribution in [0.25, 0.3) is 0 Å². The van der Waals surface area contributed by atoms with E-state index in [9.17, 15) is 19.7 Å². The monoisotopic (exact) mass is 267 g/mol. The molecule has 0 saturated heterocycles. The summed E-state index contributed by atoms with van der Waals surface area (Å²) >= 11 is 0. The third kappa shape index (κ3) is 3.95. The third-order valence-electron chi connectivity index (χ3n) is 2.38. The number of nitro benzene ring substituents is 1. The molecule has 0 aliphatic heterocycles. The SMILES string of the molecule is Cc1ccc(NC(=O)NC(C)C(=O)O)cc1[N+](=O)[O-]. The molecule has 19 heavy (non-hydrogen) atoms. The minimum absolute atomic E-state index is 0.121. The Balaban J connectivity index is 2.78. The summed E-state index contributed by atoms with van der Waals surface area (Å²) in [6.07, 6.45) is 0. The van der Waals surface area contributed by atoms with E-state index < -0.39 is 23.0 Å². The van der Waals surface area contributed by atoms with E-state index >= 15 is 0 Å². The van der Waals surface area contributed by atoms with Gasteiger partial charge in [0.15, 0.2) is 0 Å². The number of benzene rings is 1. The Morgan fingerprint density at radius 3 is 2.58 bits per heavy atom. The quantitative estimate of drug-likeness (QED) is 0.563. The molecule has 0 heterocycles. The Kier molecular flexibility index (Phi) is 4.41. The van der Waals surface area contributed by atoms with E-state index in [0.29, 0.717) is 5.56 Å². The van der Waals surface area contributed by atoms with Crippen molar-refractivity contribution in [1.82, 2.24) is 5.32 Å². The van der Waals surface area contributed by atoms with Crippen molar-refractivity contribution in [3.63, 3.8) is 0 Å². The number of carboxylic acid groups (broad SMARTS) is 1. The van der Waals surface area contributed by atoms with E-state index in [2.05, 4.69) is 10.6 Å². The molecule has 8 nitrogen and oxygen atoms in total. The number of anilines is 1. The lowest BCUT2D eigenvalue weighted by Crippen LogP contribution is -2.40. The van der Waals surface area contributed by atoms with Crippen LogP contribution in [0.3, 0.4) is 0 Å². The summed E-state index contributed by atoms with van der Waals surface area (Å²) in [7, 11) is 0. The van der Waals surface area contributed by atoms with Gasteiger partial charge in [-0.1, -0.05) is 6.07 Å². The second-order valence-electron chi connectivity index (χ2n) is 3.92. The predicted octanol–water partition coefficient (Wildman–Crippen LogP) is 1.50. The van der Waals surface area contributed by atoms with E-state index in [4.69, 9.17) is 5.11 Å². The molecule has 1 atom stereocenters. The van der Waals surface area contributed by atoms with Gasteiger partial charge < -0.3 is 15.7 Å². The molecule has 0 aliphatic rings. The van der Waals surface area contributed by atoms with Gasteiger partial charge in [-0.15, -0.1) is 0 Å². The van der Waals surface area contributed by atoms with Crippen molar-refractivity contribution in [3.8, 4) is 0 Å². The number of aryl methyl sites for hydroxylation is 1. The zero-order chi connectivity index (χ0) is 14.6. The number of carbonyl (C=O) groups excluding carboxylic acids is 1. The average Bonchev–Trinajstić information content (AvgIpc) is 2.30. The first-order valence-corrected chi connectivity index (χ1v) is 5.36. The van der Waals surface area contributed by atoms with E-state index in [1.807, 2.05) is 0 Å². The molecular weight excluding hydrogens is 254 g/mol. The number of amides is 2. The van der Waals surface area contributed by atoms with E-state index in [-0.39, 0.29) is 11.4 Å². The van der Waals surface area contributed by atoms with Crippen LogP contribution in [0.15, 0.2) is 18.2 Å². The number of nitrogens with zero attached hydrogens (tertiary/aromatic N) is 1. The van der Waals surface area contributed by atoms with Crippen LogP contribution in [-0.4, -0.2) is 28.1 Å². The van der Waals surface area contributed by atoms with Crippen molar-refractivity contribution in [1.29, 1.82) is 0 Å². The fourth-order valence-electron chi connectivity index (χ4n) is 1.31. The number of carbonyl (C=O) groups is 2. The number of carboxylic acids is 1. The molecule has 0 aliphatic carbocycles. The summed E-state index contributed by atoms with van der Waals surface area (Å²) in [5.41, 5.74) is 0.561. The molecule has 0 radical (unpaired) electrons. The first-order valence-electron chi connectivity index (χ1n) is 5.36. The van der Waals surface area contributed by atoms with Gasteiger partial charge in [-0.2, -0.15) is 0 Å². The molecule has 0 saturated carbocycles. The topological polar surface area (TPSA) is 122 Å². The highest BCUT2D eigenvalue weighted by atomic mass is 16.6. The Labute approximate surface area is 108 Å². The summed E-state index contributed by atoms with van der Waals surface area (Å²) < 4.78 is 0. The van der Waals surface area contributed by atoms with Crippen molar-refractivity contribution in [2.45, 2.75) is 19.9 Å². The van der Waals surface area contributed by atoms with Crippen LogP contribution in [0.2, 0.25) is 0 Å². The van der Waals surface area contributed by atoms with Crippen molar-refractivity contribution in [2.75, 3.05) is 5.32 Å². The standard InChI is InChI=1S/C11H13N3O5/c1-6-3-4-8(5-9(6)14(18)19)13-11(17)12-7(2)10(15)16/h3-5,7H,1-2H3,(H,15,16)(H2,12,13,17). The maximum Gasteiger partial charge on any atom is 0.325 e. The van der Waals surface area contributed by atoms with Gasteiger partial charge in [0, 0.05) is 17.3 Å². The Morgan fingerprint density at radius 2 is 2.05 bits per heavy atom. The van der Waals surface area contributed by atoms with E-state index in [0.717, 1.165) is 0 Å². The van der Waals surface area contributed by atoms with Gasteiger partial charge in [-0.05, 0) is 19.9 Å². The maximum atomic E-state index is 11.4. The van der Waals surface area contributed by atoms with E-state index in [1.54, 1.807) is 6.92 Å². The smallest absolute Gasteiger partial charge is 0.325 e. The van der Waals surface area contributed by atoms with Crippen LogP contribution in [0.1, 0.15) is 12.5 Å². The number of nitrogens with one attached hydrogen (secondary N) is 2. The minimum Gasteiger partial charge on any atom is -0.480 e. The molecule has 8 heteroatoms. The van der Waals surface area contributed by atoms with Gasteiger partial charge in [0.25, 0.3) is 5.69 Å². The van der Waals surface area contributed by atoms with Crippen molar-refractivity contribution in [3.05, 3.63) is 33.9 Å². The Morgan fingerprint density at radius 1 is 1.42 bits per heavy atom. The number of aliphatic carboxylic acids is 1. The third-order valence-corrected chi connectivity index (χ3v) is 2.38. The molecule has 0 spiro atoms. The van der Waals surface area contributed by atoms with Crippen molar-refractivity contribution in [2.24, 2.45) is 0 Å². The highest BCUT2D eigenvalue weighted by Gasteiger charge is 2.15. The van der Waals surface area contributed by atoms with Gasteiger partial charge in [0.05, 0.1) is 4.92 Å². The molecule has 1 aromatic rings. The number of nitro groups is 1. The molecular formula is C11H13N3O5. The fraction of sp³-hybridized carbons (Fsp3) is 0.273. The highest BCUT2D eigenvalue weighted by Crippen LogP contribution is 2.22. The molecule has 0 aromatic heterocycles. The lowest BCUT2D eigenvalue weighted by Gasteiger charge is -2.10.